The average Bonchev–Trinajstić information content (AvgIpc) is 2.51. The minimum Gasteiger partial charge on any atom is -0.394 e. The topological polar surface area (TPSA) is 65.4 Å². The van der Waals surface area contributed by atoms with Crippen molar-refractivity contribution in [1.82, 2.24) is 10.3 Å². The molecule has 0 aliphatic rings. The third-order valence-corrected chi connectivity index (χ3v) is 2.47. The zero-order chi connectivity index (χ0) is 9.68. The molecule has 13 heavy (non-hydrogen) atoms. The predicted octanol–water partition coefficient (Wildman–Crippen LogP) is -0.106. The summed E-state index contributed by atoms with van der Waals surface area (Å²) in [5.74, 6) is 0. The molecule has 0 spiro atoms. The molecule has 0 amide bonds. The zero-order valence-electron chi connectivity index (χ0n) is 7.53. The highest BCUT2D eigenvalue weighted by atomic mass is 32.1. The molecule has 1 rings (SSSR count). The SMILES string of the molecule is Cc1ncc(CNC[C@H](O)CO)s1. The van der Waals surface area contributed by atoms with Crippen molar-refractivity contribution in [3.8, 4) is 0 Å². The fourth-order valence-electron chi connectivity index (χ4n) is 0.914. The van der Waals surface area contributed by atoms with Crippen molar-refractivity contribution in [2.24, 2.45) is 0 Å². The van der Waals surface area contributed by atoms with Crippen LogP contribution in [0.15, 0.2) is 6.20 Å². The lowest BCUT2D eigenvalue weighted by Gasteiger charge is -2.06. The molecule has 0 radical (unpaired) electrons. The fourth-order valence-corrected chi connectivity index (χ4v) is 1.68. The Kier molecular flexibility index (Phi) is 4.31. The van der Waals surface area contributed by atoms with Gasteiger partial charge in [0, 0.05) is 24.2 Å². The van der Waals surface area contributed by atoms with Gasteiger partial charge in [0.15, 0.2) is 0 Å². The highest BCUT2D eigenvalue weighted by Gasteiger charge is 2.01. The van der Waals surface area contributed by atoms with Gasteiger partial charge in [-0.15, -0.1) is 11.3 Å². The largest absolute Gasteiger partial charge is 0.394 e. The van der Waals surface area contributed by atoms with Crippen LogP contribution in [0.3, 0.4) is 0 Å². The molecule has 0 aliphatic carbocycles. The van der Waals surface area contributed by atoms with E-state index in [0.29, 0.717) is 13.1 Å². The Bertz CT molecular complexity index is 252. The van der Waals surface area contributed by atoms with E-state index in [1.165, 1.54) is 0 Å². The molecule has 0 saturated heterocycles. The molecule has 1 aromatic heterocycles. The first-order chi connectivity index (χ1) is 6.22. The maximum atomic E-state index is 9.02. The summed E-state index contributed by atoms with van der Waals surface area (Å²) < 4.78 is 0. The molecule has 4 nitrogen and oxygen atoms in total. The molecular formula is C8H14N2O2S. The second-order valence-electron chi connectivity index (χ2n) is 2.81. The van der Waals surface area contributed by atoms with Crippen LogP contribution in [-0.4, -0.2) is 34.5 Å². The lowest BCUT2D eigenvalue weighted by Crippen LogP contribution is -2.28. The van der Waals surface area contributed by atoms with E-state index in [0.717, 1.165) is 9.88 Å². The summed E-state index contributed by atoms with van der Waals surface area (Å²) in [6.45, 7) is 2.86. The maximum absolute atomic E-state index is 9.02. The van der Waals surface area contributed by atoms with Crippen LogP contribution in [0.25, 0.3) is 0 Å². The molecule has 0 fully saturated rings. The van der Waals surface area contributed by atoms with Crippen LogP contribution >= 0.6 is 11.3 Å². The molecule has 5 heteroatoms. The van der Waals surface area contributed by atoms with Gasteiger partial charge in [0.2, 0.25) is 0 Å². The number of aliphatic hydroxyl groups excluding tert-OH is 2. The van der Waals surface area contributed by atoms with E-state index in [1.54, 1.807) is 11.3 Å². The summed E-state index contributed by atoms with van der Waals surface area (Å²) in [4.78, 5) is 5.24. The van der Waals surface area contributed by atoms with Gasteiger partial charge in [-0.3, -0.25) is 0 Å². The van der Waals surface area contributed by atoms with Crippen LogP contribution in [0.2, 0.25) is 0 Å². The number of nitrogens with zero attached hydrogens (tertiary/aromatic N) is 1. The Labute approximate surface area is 81.3 Å². The van der Waals surface area contributed by atoms with Crippen molar-refractivity contribution in [1.29, 1.82) is 0 Å². The van der Waals surface area contributed by atoms with Crippen LogP contribution in [0.1, 0.15) is 9.88 Å². The first-order valence-electron chi connectivity index (χ1n) is 4.13. The molecule has 0 saturated carbocycles. The van der Waals surface area contributed by atoms with Gasteiger partial charge in [-0.1, -0.05) is 0 Å². The van der Waals surface area contributed by atoms with E-state index in [-0.39, 0.29) is 6.61 Å². The van der Waals surface area contributed by atoms with Gasteiger partial charge in [-0.2, -0.15) is 0 Å². The summed E-state index contributed by atoms with van der Waals surface area (Å²) in [5, 5.41) is 21.6. The van der Waals surface area contributed by atoms with E-state index in [9.17, 15) is 0 Å². The van der Waals surface area contributed by atoms with Gasteiger partial charge >= 0.3 is 0 Å². The number of rotatable bonds is 5. The van der Waals surface area contributed by atoms with Crippen molar-refractivity contribution < 1.29 is 10.2 Å². The Morgan fingerprint density at radius 2 is 2.46 bits per heavy atom. The summed E-state index contributed by atoms with van der Waals surface area (Å²) in [7, 11) is 0. The van der Waals surface area contributed by atoms with Crippen LogP contribution in [0, 0.1) is 6.92 Å². The van der Waals surface area contributed by atoms with E-state index in [4.69, 9.17) is 10.2 Å². The molecule has 0 unspecified atom stereocenters. The Balaban J connectivity index is 2.20. The van der Waals surface area contributed by atoms with Crippen LogP contribution < -0.4 is 5.32 Å². The van der Waals surface area contributed by atoms with Gasteiger partial charge < -0.3 is 15.5 Å². The Hall–Kier alpha value is -0.490. The molecule has 74 valence electrons. The Morgan fingerprint density at radius 3 is 3.00 bits per heavy atom. The smallest absolute Gasteiger partial charge is 0.0897 e. The van der Waals surface area contributed by atoms with E-state index < -0.39 is 6.10 Å². The standard InChI is InChI=1S/C8H14N2O2S/c1-6-10-4-8(13-6)3-9-2-7(12)5-11/h4,7,9,11-12H,2-3,5H2,1H3/t7-/m0/s1. The van der Waals surface area contributed by atoms with Gasteiger partial charge in [0.25, 0.3) is 0 Å². The number of thiazole rings is 1. The molecule has 0 aromatic carbocycles. The third-order valence-electron chi connectivity index (χ3n) is 1.56. The van der Waals surface area contributed by atoms with Crippen molar-refractivity contribution in [3.63, 3.8) is 0 Å². The van der Waals surface area contributed by atoms with Crippen molar-refractivity contribution in [2.75, 3.05) is 13.2 Å². The quantitative estimate of drug-likeness (QED) is 0.623. The number of aliphatic hydroxyl groups is 2. The minimum atomic E-state index is -0.672. The average molecular weight is 202 g/mol. The summed E-state index contributed by atoms with van der Waals surface area (Å²) in [6, 6.07) is 0. The normalized spacial score (nSPS) is 13.2. The molecule has 3 N–H and O–H groups in total. The highest BCUT2D eigenvalue weighted by Crippen LogP contribution is 2.10. The van der Waals surface area contributed by atoms with Gasteiger partial charge in [0.05, 0.1) is 17.7 Å². The molecule has 0 bridgehead atoms. The molecular weight excluding hydrogens is 188 g/mol. The lowest BCUT2D eigenvalue weighted by molar-refractivity contribution is 0.0943. The van der Waals surface area contributed by atoms with Crippen LogP contribution in [0.5, 0.6) is 0 Å². The van der Waals surface area contributed by atoms with Crippen LogP contribution in [0.4, 0.5) is 0 Å². The molecule has 0 aliphatic heterocycles. The first kappa shape index (κ1) is 10.6. The third kappa shape index (κ3) is 3.82. The number of aryl methyl sites for hydroxylation is 1. The molecule has 1 atom stereocenters. The monoisotopic (exact) mass is 202 g/mol. The number of hydrogen-bond acceptors (Lipinski definition) is 5. The second-order valence-corrected chi connectivity index (χ2v) is 4.13. The van der Waals surface area contributed by atoms with Gasteiger partial charge in [0.1, 0.15) is 0 Å². The summed E-state index contributed by atoms with van der Waals surface area (Å²) in [5.41, 5.74) is 0. The summed E-state index contributed by atoms with van der Waals surface area (Å²) in [6.07, 6.45) is 1.15. The fraction of sp³-hybridized carbons (Fsp3) is 0.625. The second kappa shape index (κ2) is 5.29. The first-order valence-corrected chi connectivity index (χ1v) is 4.95. The van der Waals surface area contributed by atoms with Crippen molar-refractivity contribution in [2.45, 2.75) is 19.6 Å². The van der Waals surface area contributed by atoms with E-state index >= 15 is 0 Å². The number of hydrogen-bond donors (Lipinski definition) is 3. The highest BCUT2D eigenvalue weighted by molar-refractivity contribution is 7.11. The van der Waals surface area contributed by atoms with Crippen molar-refractivity contribution >= 4 is 11.3 Å². The minimum absolute atomic E-state index is 0.200. The van der Waals surface area contributed by atoms with E-state index in [1.807, 2.05) is 13.1 Å². The zero-order valence-corrected chi connectivity index (χ0v) is 8.34. The van der Waals surface area contributed by atoms with Gasteiger partial charge in [-0.25, -0.2) is 4.98 Å². The maximum Gasteiger partial charge on any atom is 0.0897 e. The predicted molar refractivity (Wildman–Crippen MR) is 51.7 cm³/mol. The summed E-state index contributed by atoms with van der Waals surface area (Å²) >= 11 is 1.63. The van der Waals surface area contributed by atoms with Crippen LogP contribution in [-0.2, 0) is 6.54 Å². The molecule has 1 heterocycles. The lowest BCUT2D eigenvalue weighted by atomic mass is 10.4. The van der Waals surface area contributed by atoms with Crippen molar-refractivity contribution in [3.05, 3.63) is 16.1 Å². The van der Waals surface area contributed by atoms with E-state index in [2.05, 4.69) is 10.3 Å². The number of aromatic nitrogens is 1. The number of nitrogens with one attached hydrogen (secondary N) is 1. The Morgan fingerprint density at radius 1 is 1.69 bits per heavy atom. The molecule has 1 aromatic rings. The van der Waals surface area contributed by atoms with Gasteiger partial charge in [-0.05, 0) is 6.92 Å².